The zero-order valence-corrected chi connectivity index (χ0v) is 15.9. The van der Waals surface area contributed by atoms with Gasteiger partial charge in [0, 0.05) is 52.2 Å². The predicted octanol–water partition coefficient (Wildman–Crippen LogP) is 1.85. The Balaban J connectivity index is 1.49. The standard InChI is InChI=1S/C18H29N5OS/c1-2-19-18(20-8-7-16(24)21-9-3-4-10-21)23-13-11-22(12-14-23)17-6-5-15-25-17/h5-6,15H,2-4,7-14H2,1H3,(H,19,20). The molecular weight excluding hydrogens is 334 g/mol. The molecule has 2 aliphatic heterocycles. The number of hydrogen-bond donors (Lipinski definition) is 1. The molecule has 0 aliphatic carbocycles. The monoisotopic (exact) mass is 363 g/mol. The molecule has 2 saturated heterocycles. The summed E-state index contributed by atoms with van der Waals surface area (Å²) >= 11 is 1.80. The first-order valence-electron chi connectivity index (χ1n) is 9.37. The number of thiophene rings is 1. The maximum Gasteiger partial charge on any atom is 0.224 e. The second kappa shape index (κ2) is 9.08. The Morgan fingerprint density at radius 1 is 1.16 bits per heavy atom. The van der Waals surface area contributed by atoms with E-state index in [0.29, 0.717) is 13.0 Å². The highest BCUT2D eigenvalue weighted by Gasteiger charge is 2.21. The van der Waals surface area contributed by atoms with Gasteiger partial charge in [0.15, 0.2) is 5.96 Å². The molecule has 3 heterocycles. The van der Waals surface area contributed by atoms with Crippen LogP contribution in [0.5, 0.6) is 0 Å². The maximum atomic E-state index is 12.2. The van der Waals surface area contributed by atoms with E-state index in [-0.39, 0.29) is 5.91 Å². The molecule has 0 saturated carbocycles. The van der Waals surface area contributed by atoms with Crippen LogP contribution >= 0.6 is 11.3 Å². The molecule has 2 fully saturated rings. The third kappa shape index (κ3) is 4.87. The predicted molar refractivity (Wildman–Crippen MR) is 105 cm³/mol. The zero-order valence-electron chi connectivity index (χ0n) is 15.1. The summed E-state index contributed by atoms with van der Waals surface area (Å²) in [6.07, 6.45) is 2.81. The van der Waals surface area contributed by atoms with Crippen molar-refractivity contribution in [3.05, 3.63) is 17.5 Å². The molecule has 138 valence electrons. The normalized spacial score (nSPS) is 18.8. The Bertz CT molecular complexity index is 560. The van der Waals surface area contributed by atoms with Gasteiger partial charge in [-0.15, -0.1) is 11.3 Å². The van der Waals surface area contributed by atoms with Crippen molar-refractivity contribution in [2.24, 2.45) is 4.99 Å². The molecule has 1 aromatic heterocycles. The van der Waals surface area contributed by atoms with Gasteiger partial charge in [0.05, 0.1) is 11.5 Å². The fourth-order valence-corrected chi connectivity index (χ4v) is 4.18. The molecule has 0 atom stereocenters. The fourth-order valence-electron chi connectivity index (χ4n) is 3.40. The highest BCUT2D eigenvalue weighted by Crippen LogP contribution is 2.22. The number of amides is 1. The van der Waals surface area contributed by atoms with Crippen LogP contribution in [0.15, 0.2) is 22.5 Å². The van der Waals surface area contributed by atoms with Crippen molar-refractivity contribution < 1.29 is 4.79 Å². The van der Waals surface area contributed by atoms with E-state index in [4.69, 9.17) is 4.99 Å². The van der Waals surface area contributed by atoms with Crippen molar-refractivity contribution in [3.63, 3.8) is 0 Å². The number of carbonyl (C=O) groups excluding carboxylic acids is 1. The Kier molecular flexibility index (Phi) is 6.55. The first-order valence-corrected chi connectivity index (χ1v) is 10.3. The second-order valence-corrected chi connectivity index (χ2v) is 7.43. The number of likely N-dealkylation sites (tertiary alicyclic amines) is 1. The minimum atomic E-state index is 0.250. The summed E-state index contributed by atoms with van der Waals surface area (Å²) in [6.45, 7) is 9.31. The summed E-state index contributed by atoms with van der Waals surface area (Å²) in [5.74, 6) is 1.20. The van der Waals surface area contributed by atoms with Crippen LogP contribution in [0.3, 0.4) is 0 Å². The van der Waals surface area contributed by atoms with E-state index in [9.17, 15) is 4.79 Å². The van der Waals surface area contributed by atoms with Crippen molar-refractivity contribution in [3.8, 4) is 0 Å². The van der Waals surface area contributed by atoms with Gasteiger partial charge in [0.2, 0.25) is 5.91 Å². The van der Waals surface area contributed by atoms with Gasteiger partial charge in [0.25, 0.3) is 0 Å². The second-order valence-electron chi connectivity index (χ2n) is 6.50. The molecule has 0 aromatic carbocycles. The van der Waals surface area contributed by atoms with Gasteiger partial charge in [-0.25, -0.2) is 0 Å². The lowest BCUT2D eigenvalue weighted by molar-refractivity contribution is -0.129. The number of nitrogens with one attached hydrogen (secondary N) is 1. The molecule has 1 amide bonds. The SMILES string of the molecule is CCNC(=NCCC(=O)N1CCCC1)N1CCN(c2cccs2)CC1. The number of nitrogens with zero attached hydrogens (tertiary/aromatic N) is 4. The lowest BCUT2D eigenvalue weighted by Crippen LogP contribution is -2.52. The summed E-state index contributed by atoms with van der Waals surface area (Å²) in [4.78, 5) is 23.6. The van der Waals surface area contributed by atoms with Gasteiger partial charge < -0.3 is 20.0 Å². The van der Waals surface area contributed by atoms with E-state index < -0.39 is 0 Å². The fraction of sp³-hybridized carbons (Fsp3) is 0.667. The lowest BCUT2D eigenvalue weighted by atomic mass is 10.3. The number of carbonyl (C=O) groups is 1. The Hall–Kier alpha value is -1.76. The minimum Gasteiger partial charge on any atom is -0.360 e. The van der Waals surface area contributed by atoms with Gasteiger partial charge >= 0.3 is 0 Å². The van der Waals surface area contributed by atoms with Crippen molar-refractivity contribution >= 4 is 28.2 Å². The molecule has 0 spiro atoms. The van der Waals surface area contributed by atoms with Crippen molar-refractivity contribution in [2.45, 2.75) is 26.2 Å². The average Bonchev–Trinajstić information content (AvgIpc) is 3.34. The molecule has 1 aromatic rings. The van der Waals surface area contributed by atoms with E-state index in [1.807, 2.05) is 4.90 Å². The largest absolute Gasteiger partial charge is 0.360 e. The molecule has 0 bridgehead atoms. The summed E-state index contributed by atoms with van der Waals surface area (Å²) in [6, 6.07) is 4.29. The quantitative estimate of drug-likeness (QED) is 0.641. The first-order chi connectivity index (χ1) is 12.3. The third-order valence-electron chi connectivity index (χ3n) is 4.78. The molecule has 0 radical (unpaired) electrons. The van der Waals surface area contributed by atoms with Gasteiger partial charge in [-0.05, 0) is 37.3 Å². The highest BCUT2D eigenvalue weighted by molar-refractivity contribution is 7.14. The van der Waals surface area contributed by atoms with Crippen molar-refractivity contribution in [1.82, 2.24) is 15.1 Å². The van der Waals surface area contributed by atoms with E-state index >= 15 is 0 Å². The number of rotatable bonds is 5. The Morgan fingerprint density at radius 2 is 1.92 bits per heavy atom. The van der Waals surface area contributed by atoms with E-state index in [1.165, 1.54) is 5.00 Å². The number of piperazine rings is 1. The van der Waals surface area contributed by atoms with Crippen LogP contribution in [0.2, 0.25) is 0 Å². The first kappa shape index (κ1) is 18.0. The van der Waals surface area contributed by atoms with E-state index in [1.54, 1.807) is 11.3 Å². The number of guanidine groups is 1. The number of anilines is 1. The Labute approximate surface area is 154 Å². The lowest BCUT2D eigenvalue weighted by Gasteiger charge is -2.37. The van der Waals surface area contributed by atoms with Gasteiger partial charge in [0.1, 0.15) is 0 Å². The third-order valence-corrected chi connectivity index (χ3v) is 5.71. The molecule has 3 rings (SSSR count). The van der Waals surface area contributed by atoms with Crippen LogP contribution in [0.25, 0.3) is 0 Å². The van der Waals surface area contributed by atoms with E-state index in [0.717, 1.165) is 64.6 Å². The number of aliphatic imine (C=N–C) groups is 1. The van der Waals surface area contributed by atoms with Crippen molar-refractivity contribution in [1.29, 1.82) is 0 Å². The molecule has 0 unspecified atom stereocenters. The van der Waals surface area contributed by atoms with Crippen LogP contribution < -0.4 is 10.2 Å². The Morgan fingerprint density at radius 3 is 2.56 bits per heavy atom. The van der Waals surface area contributed by atoms with Gasteiger partial charge in [-0.1, -0.05) is 0 Å². The van der Waals surface area contributed by atoms with E-state index in [2.05, 4.69) is 39.6 Å². The molecule has 2 aliphatic rings. The minimum absolute atomic E-state index is 0.250. The summed E-state index contributed by atoms with van der Waals surface area (Å²) < 4.78 is 0. The van der Waals surface area contributed by atoms with Gasteiger partial charge in [-0.3, -0.25) is 9.79 Å². The molecule has 25 heavy (non-hydrogen) atoms. The van der Waals surface area contributed by atoms with Crippen LogP contribution in [-0.2, 0) is 4.79 Å². The van der Waals surface area contributed by atoms with Crippen LogP contribution in [-0.4, -0.2) is 74.0 Å². The maximum absolute atomic E-state index is 12.2. The van der Waals surface area contributed by atoms with Crippen LogP contribution in [0.1, 0.15) is 26.2 Å². The van der Waals surface area contributed by atoms with Crippen molar-refractivity contribution in [2.75, 3.05) is 57.3 Å². The zero-order chi connectivity index (χ0) is 17.5. The van der Waals surface area contributed by atoms with Gasteiger partial charge in [-0.2, -0.15) is 0 Å². The molecule has 6 nitrogen and oxygen atoms in total. The smallest absolute Gasteiger partial charge is 0.224 e. The summed E-state index contributed by atoms with van der Waals surface area (Å²) in [5.41, 5.74) is 0. The molecular formula is C18H29N5OS. The number of hydrogen-bond acceptors (Lipinski definition) is 4. The molecule has 7 heteroatoms. The topological polar surface area (TPSA) is 51.2 Å². The van der Waals surface area contributed by atoms with Crippen LogP contribution in [0, 0.1) is 0 Å². The van der Waals surface area contributed by atoms with Crippen LogP contribution in [0.4, 0.5) is 5.00 Å². The molecule has 1 N–H and O–H groups in total. The summed E-state index contributed by atoms with van der Waals surface area (Å²) in [5, 5.41) is 6.86. The highest BCUT2D eigenvalue weighted by atomic mass is 32.1. The summed E-state index contributed by atoms with van der Waals surface area (Å²) in [7, 11) is 0. The average molecular weight is 364 g/mol.